The molecule has 4 heteroatoms. The maximum atomic E-state index is 9.01. The molecule has 0 atom stereocenters. The largest absolute Gasteiger partial charge is 0.492 e. The number of benzene rings is 1. The minimum absolute atomic E-state index is 0.321. The molecule has 0 radical (unpaired) electrons. The van der Waals surface area contributed by atoms with Crippen LogP contribution in [-0.4, -0.2) is 42.9 Å². The molecule has 1 aromatic rings. The van der Waals surface area contributed by atoms with Gasteiger partial charge < -0.3 is 14.7 Å². The van der Waals surface area contributed by atoms with E-state index in [4.69, 9.17) is 15.1 Å². The van der Waals surface area contributed by atoms with E-state index in [0.29, 0.717) is 24.5 Å². The van der Waals surface area contributed by atoms with E-state index in [0.717, 1.165) is 38.4 Å². The molecular formula is C18H26N2O2. The SMILES string of the molecule is N#Cc1ccccc1OCCCN1CCC(CCCO)CC1. The molecule has 22 heavy (non-hydrogen) atoms. The summed E-state index contributed by atoms with van der Waals surface area (Å²) >= 11 is 0. The molecule has 0 aromatic heterocycles. The van der Waals surface area contributed by atoms with Gasteiger partial charge in [-0.05, 0) is 63.2 Å². The predicted octanol–water partition coefficient (Wildman–Crippen LogP) is 2.81. The third-order valence-electron chi connectivity index (χ3n) is 4.36. The first kappa shape index (κ1) is 16.8. The Morgan fingerprint density at radius 1 is 1.23 bits per heavy atom. The van der Waals surface area contributed by atoms with Gasteiger partial charge in [-0.3, -0.25) is 0 Å². The molecule has 4 nitrogen and oxygen atoms in total. The number of para-hydroxylation sites is 1. The molecule has 0 amide bonds. The number of nitrogens with zero attached hydrogens (tertiary/aromatic N) is 2. The van der Waals surface area contributed by atoms with E-state index in [1.165, 1.54) is 19.3 Å². The van der Waals surface area contributed by atoms with Crippen molar-refractivity contribution in [3.63, 3.8) is 0 Å². The summed E-state index contributed by atoms with van der Waals surface area (Å²) in [6.07, 6.45) is 5.59. The molecule has 0 saturated carbocycles. The van der Waals surface area contributed by atoms with Gasteiger partial charge in [-0.2, -0.15) is 5.26 Å². The molecule has 120 valence electrons. The molecule has 1 aromatic carbocycles. The average molecular weight is 302 g/mol. The maximum Gasteiger partial charge on any atom is 0.137 e. The Bertz CT molecular complexity index is 476. The van der Waals surface area contributed by atoms with E-state index in [-0.39, 0.29) is 0 Å². The van der Waals surface area contributed by atoms with Gasteiger partial charge in [0.05, 0.1) is 12.2 Å². The summed E-state index contributed by atoms with van der Waals surface area (Å²) in [6.45, 7) is 4.35. The van der Waals surface area contributed by atoms with Crippen LogP contribution in [0.4, 0.5) is 0 Å². The van der Waals surface area contributed by atoms with Crippen molar-refractivity contribution in [1.29, 1.82) is 5.26 Å². The summed E-state index contributed by atoms with van der Waals surface area (Å²) < 4.78 is 5.72. The zero-order valence-electron chi connectivity index (χ0n) is 13.2. The molecule has 1 fully saturated rings. The standard InChI is InChI=1S/C18H26N2O2/c19-15-17-6-1-2-7-18(17)22-14-4-10-20-11-8-16(9-12-20)5-3-13-21/h1-2,6-7,16,21H,3-5,8-14H2. The molecule has 1 N–H and O–H groups in total. The summed E-state index contributed by atoms with van der Waals surface area (Å²) in [5.41, 5.74) is 0.604. The lowest BCUT2D eigenvalue weighted by molar-refractivity contribution is 0.160. The molecule has 0 bridgehead atoms. The van der Waals surface area contributed by atoms with Crippen LogP contribution in [0.25, 0.3) is 0 Å². The van der Waals surface area contributed by atoms with Gasteiger partial charge in [0, 0.05) is 13.2 Å². The molecule has 0 spiro atoms. The molecule has 2 rings (SSSR count). The van der Waals surface area contributed by atoms with E-state index >= 15 is 0 Å². The Balaban J connectivity index is 1.61. The lowest BCUT2D eigenvalue weighted by atomic mass is 9.92. The van der Waals surface area contributed by atoms with Crippen LogP contribution in [0.1, 0.15) is 37.7 Å². The number of aliphatic hydroxyl groups is 1. The first-order chi connectivity index (χ1) is 10.8. The second-order valence-electron chi connectivity index (χ2n) is 5.96. The highest BCUT2D eigenvalue weighted by Gasteiger charge is 2.18. The van der Waals surface area contributed by atoms with Crippen molar-refractivity contribution in [2.75, 3.05) is 32.8 Å². The van der Waals surface area contributed by atoms with Crippen molar-refractivity contribution in [3.8, 4) is 11.8 Å². The van der Waals surface area contributed by atoms with E-state index in [1.54, 1.807) is 6.07 Å². The van der Waals surface area contributed by atoms with E-state index in [2.05, 4.69) is 11.0 Å². The maximum absolute atomic E-state index is 9.01. The highest BCUT2D eigenvalue weighted by atomic mass is 16.5. The Morgan fingerprint density at radius 3 is 2.73 bits per heavy atom. The molecule has 1 aliphatic rings. The van der Waals surface area contributed by atoms with E-state index < -0.39 is 0 Å². The summed E-state index contributed by atoms with van der Waals surface area (Å²) in [5.74, 6) is 1.48. The minimum atomic E-state index is 0.321. The van der Waals surface area contributed by atoms with Gasteiger partial charge in [0.1, 0.15) is 11.8 Å². The molecule has 1 heterocycles. The number of hydrogen-bond donors (Lipinski definition) is 1. The zero-order chi connectivity index (χ0) is 15.6. The van der Waals surface area contributed by atoms with Gasteiger partial charge in [-0.15, -0.1) is 0 Å². The van der Waals surface area contributed by atoms with Crippen LogP contribution >= 0.6 is 0 Å². The van der Waals surface area contributed by atoms with Crippen LogP contribution in [-0.2, 0) is 0 Å². The van der Waals surface area contributed by atoms with Gasteiger partial charge in [0.15, 0.2) is 0 Å². The van der Waals surface area contributed by atoms with Gasteiger partial charge in [-0.25, -0.2) is 0 Å². The number of nitriles is 1. The van der Waals surface area contributed by atoms with Crippen LogP contribution in [0.5, 0.6) is 5.75 Å². The topological polar surface area (TPSA) is 56.5 Å². The Hall–Kier alpha value is -1.57. The van der Waals surface area contributed by atoms with Gasteiger partial charge in [-0.1, -0.05) is 12.1 Å². The van der Waals surface area contributed by atoms with Gasteiger partial charge in [0.2, 0.25) is 0 Å². The Morgan fingerprint density at radius 2 is 2.00 bits per heavy atom. The minimum Gasteiger partial charge on any atom is -0.492 e. The summed E-state index contributed by atoms with van der Waals surface area (Å²) in [4.78, 5) is 2.50. The lowest BCUT2D eigenvalue weighted by Gasteiger charge is -2.31. The van der Waals surface area contributed by atoms with Gasteiger partial charge >= 0.3 is 0 Å². The molecule has 0 unspecified atom stereocenters. The quantitative estimate of drug-likeness (QED) is 0.750. The molecular weight excluding hydrogens is 276 g/mol. The van der Waals surface area contributed by atoms with Crippen LogP contribution in [0.15, 0.2) is 24.3 Å². The van der Waals surface area contributed by atoms with Crippen molar-refractivity contribution >= 4 is 0 Å². The number of aliphatic hydroxyl groups excluding tert-OH is 1. The molecule has 0 aliphatic carbocycles. The van der Waals surface area contributed by atoms with Crippen molar-refractivity contribution in [2.45, 2.75) is 32.1 Å². The summed E-state index contributed by atoms with van der Waals surface area (Å²) in [7, 11) is 0. The highest BCUT2D eigenvalue weighted by molar-refractivity contribution is 5.42. The van der Waals surface area contributed by atoms with Crippen LogP contribution in [0, 0.1) is 17.2 Å². The molecule has 1 aliphatic heterocycles. The third-order valence-corrected chi connectivity index (χ3v) is 4.36. The predicted molar refractivity (Wildman–Crippen MR) is 86.8 cm³/mol. The third kappa shape index (κ3) is 5.32. The van der Waals surface area contributed by atoms with Crippen molar-refractivity contribution in [3.05, 3.63) is 29.8 Å². The fourth-order valence-corrected chi connectivity index (χ4v) is 3.03. The van der Waals surface area contributed by atoms with Crippen LogP contribution in [0.3, 0.4) is 0 Å². The van der Waals surface area contributed by atoms with Crippen molar-refractivity contribution < 1.29 is 9.84 Å². The Labute approximate surface area is 133 Å². The van der Waals surface area contributed by atoms with E-state index in [1.807, 2.05) is 18.2 Å². The van der Waals surface area contributed by atoms with Gasteiger partial charge in [0.25, 0.3) is 0 Å². The number of hydrogen-bond acceptors (Lipinski definition) is 4. The fraction of sp³-hybridized carbons (Fsp3) is 0.611. The van der Waals surface area contributed by atoms with Crippen molar-refractivity contribution in [1.82, 2.24) is 4.90 Å². The van der Waals surface area contributed by atoms with E-state index in [9.17, 15) is 0 Å². The first-order valence-corrected chi connectivity index (χ1v) is 8.28. The second-order valence-corrected chi connectivity index (χ2v) is 5.96. The first-order valence-electron chi connectivity index (χ1n) is 8.28. The second kappa shape index (κ2) is 9.45. The summed E-state index contributed by atoms with van der Waals surface area (Å²) in [5, 5.41) is 17.9. The summed E-state index contributed by atoms with van der Waals surface area (Å²) in [6, 6.07) is 9.54. The number of piperidine rings is 1. The fourth-order valence-electron chi connectivity index (χ4n) is 3.03. The number of ether oxygens (including phenoxy) is 1. The molecule has 1 saturated heterocycles. The smallest absolute Gasteiger partial charge is 0.137 e. The number of rotatable bonds is 8. The highest BCUT2D eigenvalue weighted by Crippen LogP contribution is 2.22. The monoisotopic (exact) mass is 302 g/mol. The van der Waals surface area contributed by atoms with Crippen molar-refractivity contribution in [2.24, 2.45) is 5.92 Å². The van der Waals surface area contributed by atoms with Crippen LogP contribution < -0.4 is 4.74 Å². The normalized spacial score (nSPS) is 16.4. The lowest BCUT2D eigenvalue weighted by Crippen LogP contribution is -2.35. The average Bonchev–Trinajstić information content (AvgIpc) is 2.58. The Kier molecular flexibility index (Phi) is 7.21. The van der Waals surface area contributed by atoms with Crippen LogP contribution in [0.2, 0.25) is 0 Å². The number of likely N-dealkylation sites (tertiary alicyclic amines) is 1. The zero-order valence-corrected chi connectivity index (χ0v) is 13.2.